The molecule has 0 aliphatic heterocycles. The van der Waals surface area contributed by atoms with E-state index in [1.807, 2.05) is 6.92 Å². The van der Waals surface area contributed by atoms with Crippen molar-refractivity contribution in [1.29, 1.82) is 0 Å². The Morgan fingerprint density at radius 2 is 1.92 bits per heavy atom. The van der Waals surface area contributed by atoms with Gasteiger partial charge in [0.05, 0.1) is 18.3 Å². The molecule has 0 aromatic rings. The minimum absolute atomic E-state index is 0.215. The number of aliphatic hydroxyl groups is 3. The first-order valence-electron chi connectivity index (χ1n) is 4.78. The molecule has 0 aromatic heterocycles. The quantitative estimate of drug-likeness (QED) is 0.519. The van der Waals surface area contributed by atoms with E-state index in [-0.39, 0.29) is 6.42 Å². The van der Waals surface area contributed by atoms with Crippen LogP contribution in [0.25, 0.3) is 0 Å². The molecule has 3 unspecified atom stereocenters. The second kappa shape index (κ2) is 7.06. The molecule has 0 amide bonds. The Morgan fingerprint density at radius 1 is 1.31 bits per heavy atom. The zero-order chi connectivity index (χ0) is 10.3. The van der Waals surface area contributed by atoms with E-state index < -0.39 is 18.3 Å². The van der Waals surface area contributed by atoms with Crippen LogP contribution in [0, 0.1) is 0 Å². The van der Waals surface area contributed by atoms with E-state index in [0.717, 1.165) is 12.8 Å². The van der Waals surface area contributed by atoms with E-state index in [2.05, 4.69) is 6.58 Å². The Kier molecular flexibility index (Phi) is 6.86. The summed E-state index contributed by atoms with van der Waals surface area (Å²) < 4.78 is 0. The summed E-state index contributed by atoms with van der Waals surface area (Å²) >= 11 is 0. The maximum atomic E-state index is 9.39. The first-order valence-corrected chi connectivity index (χ1v) is 4.78. The fourth-order valence-corrected chi connectivity index (χ4v) is 1.13. The highest BCUT2D eigenvalue weighted by molar-refractivity contribution is 4.85. The molecule has 3 nitrogen and oxygen atoms in total. The number of rotatable bonds is 7. The van der Waals surface area contributed by atoms with Crippen molar-refractivity contribution in [3.63, 3.8) is 0 Å². The van der Waals surface area contributed by atoms with Crippen LogP contribution in [0.3, 0.4) is 0 Å². The third-order valence-corrected chi connectivity index (χ3v) is 2.04. The molecule has 0 fully saturated rings. The third kappa shape index (κ3) is 5.80. The second-order valence-electron chi connectivity index (χ2n) is 3.33. The van der Waals surface area contributed by atoms with Gasteiger partial charge in [-0.2, -0.15) is 0 Å². The molecule has 0 radical (unpaired) electrons. The van der Waals surface area contributed by atoms with E-state index in [0.29, 0.717) is 6.42 Å². The molecule has 13 heavy (non-hydrogen) atoms. The zero-order valence-corrected chi connectivity index (χ0v) is 8.19. The molecule has 78 valence electrons. The summed E-state index contributed by atoms with van der Waals surface area (Å²) in [4.78, 5) is 0. The fraction of sp³-hybridized carbons (Fsp3) is 0.800. The van der Waals surface area contributed by atoms with E-state index in [1.165, 1.54) is 6.08 Å². The van der Waals surface area contributed by atoms with Gasteiger partial charge in [-0.1, -0.05) is 25.8 Å². The van der Waals surface area contributed by atoms with Crippen LogP contribution in [0.1, 0.15) is 32.6 Å². The van der Waals surface area contributed by atoms with Gasteiger partial charge < -0.3 is 15.3 Å². The maximum Gasteiger partial charge on any atom is 0.0978 e. The van der Waals surface area contributed by atoms with Crippen molar-refractivity contribution in [2.45, 2.75) is 50.9 Å². The highest BCUT2D eigenvalue weighted by Gasteiger charge is 2.16. The molecule has 3 atom stereocenters. The van der Waals surface area contributed by atoms with Crippen molar-refractivity contribution in [1.82, 2.24) is 0 Å². The minimum atomic E-state index is -0.934. The molecule has 0 aliphatic carbocycles. The van der Waals surface area contributed by atoms with Gasteiger partial charge in [0.1, 0.15) is 0 Å². The van der Waals surface area contributed by atoms with Crippen LogP contribution in [-0.2, 0) is 0 Å². The summed E-state index contributed by atoms with van der Waals surface area (Å²) in [6.07, 6.45) is 1.78. The van der Waals surface area contributed by atoms with Crippen LogP contribution in [0.15, 0.2) is 12.7 Å². The van der Waals surface area contributed by atoms with Crippen molar-refractivity contribution in [2.24, 2.45) is 0 Å². The standard InChI is InChI=1S/C10H20O3/c1-3-5-6-8(11)7-10(13)9(12)4-2/h4,8-13H,2-3,5-7H2,1H3. The summed E-state index contributed by atoms with van der Waals surface area (Å²) in [5, 5.41) is 27.8. The normalized spacial score (nSPS) is 17.8. The molecule has 0 saturated carbocycles. The first-order chi connectivity index (χ1) is 6.11. The maximum absolute atomic E-state index is 9.39. The van der Waals surface area contributed by atoms with Crippen LogP contribution in [-0.4, -0.2) is 33.6 Å². The minimum Gasteiger partial charge on any atom is -0.393 e. The Labute approximate surface area is 79.7 Å². The van der Waals surface area contributed by atoms with Crippen LogP contribution in [0.2, 0.25) is 0 Å². The van der Waals surface area contributed by atoms with Crippen molar-refractivity contribution >= 4 is 0 Å². The average Bonchev–Trinajstić information content (AvgIpc) is 2.13. The topological polar surface area (TPSA) is 60.7 Å². The van der Waals surface area contributed by atoms with E-state index in [9.17, 15) is 10.2 Å². The Morgan fingerprint density at radius 3 is 2.38 bits per heavy atom. The van der Waals surface area contributed by atoms with E-state index in [4.69, 9.17) is 5.11 Å². The van der Waals surface area contributed by atoms with Crippen molar-refractivity contribution in [3.8, 4) is 0 Å². The Bertz CT molecular complexity index is 136. The molecule has 0 aliphatic rings. The summed E-state index contributed by atoms with van der Waals surface area (Å²) in [6, 6.07) is 0. The smallest absolute Gasteiger partial charge is 0.0978 e. The van der Waals surface area contributed by atoms with Gasteiger partial charge in [-0.25, -0.2) is 0 Å². The molecule has 0 saturated heterocycles. The molecule has 0 heterocycles. The SMILES string of the molecule is C=CC(O)C(O)CC(O)CCCC. The van der Waals surface area contributed by atoms with Gasteiger partial charge in [0.15, 0.2) is 0 Å². The predicted molar refractivity (Wildman–Crippen MR) is 52.4 cm³/mol. The van der Waals surface area contributed by atoms with Crippen molar-refractivity contribution < 1.29 is 15.3 Å². The second-order valence-corrected chi connectivity index (χ2v) is 3.33. The molecule has 0 rings (SSSR count). The van der Waals surface area contributed by atoms with E-state index in [1.54, 1.807) is 0 Å². The van der Waals surface area contributed by atoms with Crippen LogP contribution in [0.5, 0.6) is 0 Å². The lowest BCUT2D eigenvalue weighted by Crippen LogP contribution is -2.28. The van der Waals surface area contributed by atoms with Gasteiger partial charge in [-0.3, -0.25) is 0 Å². The van der Waals surface area contributed by atoms with Gasteiger partial charge in [-0.05, 0) is 6.42 Å². The van der Waals surface area contributed by atoms with Gasteiger partial charge in [0.2, 0.25) is 0 Å². The highest BCUT2D eigenvalue weighted by atomic mass is 16.3. The summed E-state index contributed by atoms with van der Waals surface area (Å²) in [5.74, 6) is 0. The number of hydrogen-bond acceptors (Lipinski definition) is 3. The lowest BCUT2D eigenvalue weighted by Gasteiger charge is -2.17. The predicted octanol–water partition coefficient (Wildman–Crippen LogP) is 0.835. The summed E-state index contributed by atoms with van der Waals surface area (Å²) in [6.45, 7) is 5.40. The lowest BCUT2D eigenvalue weighted by molar-refractivity contribution is 0.00774. The molecule has 0 bridgehead atoms. The number of unbranched alkanes of at least 4 members (excludes halogenated alkanes) is 1. The Balaban J connectivity index is 3.63. The van der Waals surface area contributed by atoms with Crippen molar-refractivity contribution in [2.75, 3.05) is 0 Å². The molecule has 3 heteroatoms. The number of hydrogen-bond donors (Lipinski definition) is 3. The first kappa shape index (κ1) is 12.6. The molecular formula is C10H20O3. The molecule has 3 N–H and O–H groups in total. The van der Waals surface area contributed by atoms with Gasteiger partial charge >= 0.3 is 0 Å². The molecule has 0 aromatic carbocycles. The monoisotopic (exact) mass is 188 g/mol. The zero-order valence-electron chi connectivity index (χ0n) is 8.19. The van der Waals surface area contributed by atoms with Crippen LogP contribution >= 0.6 is 0 Å². The van der Waals surface area contributed by atoms with E-state index >= 15 is 0 Å². The fourth-order valence-electron chi connectivity index (χ4n) is 1.13. The average molecular weight is 188 g/mol. The highest BCUT2D eigenvalue weighted by Crippen LogP contribution is 2.09. The van der Waals surface area contributed by atoms with Gasteiger partial charge in [-0.15, -0.1) is 6.58 Å². The van der Waals surface area contributed by atoms with Crippen molar-refractivity contribution in [3.05, 3.63) is 12.7 Å². The van der Waals surface area contributed by atoms with Crippen LogP contribution in [0.4, 0.5) is 0 Å². The largest absolute Gasteiger partial charge is 0.393 e. The summed E-state index contributed by atoms with van der Waals surface area (Å²) in [5.41, 5.74) is 0. The molecular weight excluding hydrogens is 168 g/mol. The Hall–Kier alpha value is -0.380. The van der Waals surface area contributed by atoms with Crippen LogP contribution < -0.4 is 0 Å². The van der Waals surface area contributed by atoms with Gasteiger partial charge in [0.25, 0.3) is 0 Å². The lowest BCUT2D eigenvalue weighted by atomic mass is 10.0. The summed E-state index contributed by atoms with van der Waals surface area (Å²) in [7, 11) is 0. The number of aliphatic hydroxyl groups excluding tert-OH is 3. The third-order valence-electron chi connectivity index (χ3n) is 2.04. The van der Waals surface area contributed by atoms with Gasteiger partial charge in [0, 0.05) is 6.42 Å². The molecule has 0 spiro atoms.